The molecule has 0 radical (unpaired) electrons. The number of nitrogens with zero attached hydrogens (tertiary/aromatic N) is 4. The van der Waals surface area contributed by atoms with Gasteiger partial charge in [-0.2, -0.15) is 0 Å². The third kappa shape index (κ3) is 5.36. The van der Waals surface area contributed by atoms with Gasteiger partial charge in [0.25, 0.3) is 5.91 Å². The molecule has 0 aliphatic heterocycles. The molecule has 1 N–H and O–H groups in total. The van der Waals surface area contributed by atoms with E-state index < -0.39 is 27.6 Å². The second kappa shape index (κ2) is 8.26. The summed E-state index contributed by atoms with van der Waals surface area (Å²) >= 11 is 5.82. The number of hydrogen-bond acceptors (Lipinski definition) is 6. The zero-order valence-electron chi connectivity index (χ0n) is 15.5. The van der Waals surface area contributed by atoms with E-state index in [0.717, 1.165) is 6.26 Å². The fourth-order valence-corrected chi connectivity index (χ4v) is 3.99. The minimum Gasteiger partial charge on any atom is -0.349 e. The van der Waals surface area contributed by atoms with Crippen molar-refractivity contribution >= 4 is 27.3 Å². The standard InChI is InChI=1S/C18H17ClFN5O3S/c1-11(9-29(2,27)28)22-18(26)13-5-12(16-4-3-14(19)8-17(16)20)6-15(7-13)25-10-21-23-24-25/h3-8,10-11H,9H2,1-2H3,(H,22,26). The maximum absolute atomic E-state index is 14.4. The van der Waals surface area contributed by atoms with Gasteiger partial charge in [-0.1, -0.05) is 11.6 Å². The van der Waals surface area contributed by atoms with Crippen molar-refractivity contribution in [3.05, 3.63) is 59.1 Å². The van der Waals surface area contributed by atoms with E-state index >= 15 is 0 Å². The first-order valence-corrected chi connectivity index (χ1v) is 10.9. The first-order chi connectivity index (χ1) is 13.6. The molecule has 0 fully saturated rings. The van der Waals surface area contributed by atoms with Crippen LogP contribution in [0.2, 0.25) is 5.02 Å². The second-order valence-electron chi connectivity index (χ2n) is 6.61. The Labute approximate surface area is 171 Å². The van der Waals surface area contributed by atoms with Crippen LogP contribution in [0.5, 0.6) is 0 Å². The number of aromatic nitrogens is 4. The second-order valence-corrected chi connectivity index (χ2v) is 9.24. The quantitative estimate of drug-likeness (QED) is 0.634. The lowest BCUT2D eigenvalue weighted by molar-refractivity contribution is 0.0943. The number of rotatable bonds is 6. The van der Waals surface area contributed by atoms with Crippen LogP contribution in [0.1, 0.15) is 17.3 Å². The van der Waals surface area contributed by atoms with Gasteiger partial charge in [0.05, 0.1) is 11.4 Å². The van der Waals surface area contributed by atoms with Crippen LogP contribution in [0.15, 0.2) is 42.7 Å². The normalized spacial score (nSPS) is 12.6. The predicted molar refractivity (Wildman–Crippen MR) is 106 cm³/mol. The molecule has 0 spiro atoms. The number of hydrogen-bond donors (Lipinski definition) is 1. The van der Waals surface area contributed by atoms with Crippen LogP contribution in [0.4, 0.5) is 4.39 Å². The van der Waals surface area contributed by atoms with Crippen LogP contribution >= 0.6 is 11.6 Å². The highest BCUT2D eigenvalue weighted by Crippen LogP contribution is 2.28. The largest absolute Gasteiger partial charge is 0.349 e. The minimum atomic E-state index is -3.26. The number of halogens is 2. The summed E-state index contributed by atoms with van der Waals surface area (Å²) in [6, 6.07) is 8.26. The highest BCUT2D eigenvalue weighted by Gasteiger charge is 2.17. The Balaban J connectivity index is 2.02. The van der Waals surface area contributed by atoms with Crippen LogP contribution in [-0.2, 0) is 9.84 Å². The Morgan fingerprint density at radius 3 is 2.66 bits per heavy atom. The monoisotopic (exact) mass is 437 g/mol. The van der Waals surface area contributed by atoms with Crippen molar-refractivity contribution in [1.29, 1.82) is 0 Å². The van der Waals surface area contributed by atoms with E-state index in [4.69, 9.17) is 11.6 Å². The molecular weight excluding hydrogens is 421 g/mol. The van der Waals surface area contributed by atoms with E-state index in [-0.39, 0.29) is 21.9 Å². The molecule has 152 valence electrons. The Kier molecular flexibility index (Phi) is 5.94. The lowest BCUT2D eigenvalue weighted by Gasteiger charge is -2.15. The zero-order valence-corrected chi connectivity index (χ0v) is 17.1. The first kappa shape index (κ1) is 20.9. The number of amides is 1. The van der Waals surface area contributed by atoms with Crippen molar-refractivity contribution < 1.29 is 17.6 Å². The highest BCUT2D eigenvalue weighted by atomic mass is 35.5. The summed E-state index contributed by atoms with van der Waals surface area (Å²) in [6.45, 7) is 1.59. The maximum atomic E-state index is 14.4. The van der Waals surface area contributed by atoms with E-state index in [1.54, 1.807) is 13.0 Å². The Bertz CT molecular complexity index is 1150. The van der Waals surface area contributed by atoms with Crippen LogP contribution in [0.25, 0.3) is 16.8 Å². The Morgan fingerprint density at radius 2 is 2.03 bits per heavy atom. The fourth-order valence-electron chi connectivity index (χ4n) is 2.84. The average molecular weight is 438 g/mol. The van der Waals surface area contributed by atoms with E-state index in [2.05, 4.69) is 20.8 Å². The third-order valence-electron chi connectivity index (χ3n) is 3.97. The molecule has 0 saturated carbocycles. The third-order valence-corrected chi connectivity index (χ3v) is 5.31. The van der Waals surface area contributed by atoms with Crippen molar-refractivity contribution in [2.24, 2.45) is 0 Å². The molecule has 1 aromatic heterocycles. The number of nitrogens with one attached hydrogen (secondary N) is 1. The van der Waals surface area contributed by atoms with Gasteiger partial charge < -0.3 is 5.32 Å². The summed E-state index contributed by atoms with van der Waals surface area (Å²) in [5.74, 6) is -1.26. The SMILES string of the molecule is CC(CS(C)(=O)=O)NC(=O)c1cc(-c2ccc(Cl)cc2F)cc(-n2cnnn2)c1. The molecule has 0 aliphatic rings. The molecule has 8 nitrogen and oxygen atoms in total. The highest BCUT2D eigenvalue weighted by molar-refractivity contribution is 7.90. The van der Waals surface area contributed by atoms with Gasteiger partial charge in [0.1, 0.15) is 22.0 Å². The molecule has 1 unspecified atom stereocenters. The molecule has 29 heavy (non-hydrogen) atoms. The number of carbonyl (C=O) groups excluding carboxylic acids is 1. The van der Waals surface area contributed by atoms with Crippen molar-refractivity contribution in [2.45, 2.75) is 13.0 Å². The zero-order chi connectivity index (χ0) is 21.2. The molecule has 11 heteroatoms. The van der Waals surface area contributed by atoms with Gasteiger partial charge in [0.15, 0.2) is 0 Å². The summed E-state index contributed by atoms with van der Waals surface area (Å²) < 4.78 is 38.7. The van der Waals surface area contributed by atoms with Crippen molar-refractivity contribution in [3.8, 4) is 16.8 Å². The fraction of sp³-hybridized carbons (Fsp3) is 0.222. The van der Waals surface area contributed by atoms with Gasteiger partial charge in [-0.25, -0.2) is 17.5 Å². The minimum absolute atomic E-state index is 0.197. The van der Waals surface area contributed by atoms with Crippen LogP contribution in [0, 0.1) is 5.82 Å². The van der Waals surface area contributed by atoms with Gasteiger partial charge in [-0.15, -0.1) is 5.10 Å². The summed E-state index contributed by atoms with van der Waals surface area (Å²) in [4.78, 5) is 12.7. The summed E-state index contributed by atoms with van der Waals surface area (Å²) in [5, 5.41) is 13.8. The summed E-state index contributed by atoms with van der Waals surface area (Å²) in [5.41, 5.74) is 1.28. The molecule has 1 atom stereocenters. The molecule has 0 saturated heterocycles. The maximum Gasteiger partial charge on any atom is 0.251 e. The van der Waals surface area contributed by atoms with E-state index in [1.165, 1.54) is 41.3 Å². The number of carbonyl (C=O) groups is 1. The molecule has 1 amide bonds. The molecule has 0 bridgehead atoms. The summed E-state index contributed by atoms with van der Waals surface area (Å²) in [6.07, 6.45) is 2.43. The van der Waals surface area contributed by atoms with Crippen molar-refractivity contribution in [1.82, 2.24) is 25.5 Å². The average Bonchev–Trinajstić information content (AvgIpc) is 3.14. The van der Waals surface area contributed by atoms with Crippen LogP contribution < -0.4 is 5.32 Å². The van der Waals surface area contributed by atoms with Crippen molar-refractivity contribution in [3.63, 3.8) is 0 Å². The van der Waals surface area contributed by atoms with Crippen molar-refractivity contribution in [2.75, 3.05) is 12.0 Å². The topological polar surface area (TPSA) is 107 Å². The lowest BCUT2D eigenvalue weighted by atomic mass is 10.0. The van der Waals surface area contributed by atoms with Gasteiger partial charge in [-0.05, 0) is 59.3 Å². The molecular formula is C18H17ClFN5O3S. The smallest absolute Gasteiger partial charge is 0.251 e. The molecule has 0 aliphatic carbocycles. The van der Waals surface area contributed by atoms with E-state index in [1.807, 2.05) is 0 Å². The van der Waals surface area contributed by atoms with E-state index in [9.17, 15) is 17.6 Å². The molecule has 2 aromatic carbocycles. The van der Waals surface area contributed by atoms with Gasteiger partial charge in [0, 0.05) is 28.4 Å². The first-order valence-electron chi connectivity index (χ1n) is 8.45. The predicted octanol–water partition coefficient (Wildman–Crippen LogP) is 2.28. The van der Waals surface area contributed by atoms with Gasteiger partial charge in [-0.3, -0.25) is 4.79 Å². The number of sulfone groups is 1. The molecule has 3 rings (SSSR count). The Hall–Kier alpha value is -2.85. The molecule has 1 heterocycles. The molecule has 3 aromatic rings. The van der Waals surface area contributed by atoms with E-state index in [0.29, 0.717) is 11.3 Å². The van der Waals surface area contributed by atoms with Crippen LogP contribution in [0.3, 0.4) is 0 Å². The number of tetrazole rings is 1. The lowest BCUT2D eigenvalue weighted by Crippen LogP contribution is -2.37. The van der Waals surface area contributed by atoms with Gasteiger partial charge >= 0.3 is 0 Å². The van der Waals surface area contributed by atoms with Gasteiger partial charge in [0.2, 0.25) is 0 Å². The van der Waals surface area contributed by atoms with Crippen LogP contribution in [-0.4, -0.2) is 52.6 Å². The summed E-state index contributed by atoms with van der Waals surface area (Å²) in [7, 11) is -3.26. The Morgan fingerprint density at radius 1 is 1.28 bits per heavy atom. The number of benzene rings is 2.